The highest BCUT2D eigenvalue weighted by atomic mass is 35.5. The maximum atomic E-state index is 12.2. The molecule has 1 aliphatic heterocycles. The topological polar surface area (TPSA) is 101 Å². The molecule has 0 radical (unpaired) electrons. The number of hydrogen-bond acceptors (Lipinski definition) is 5. The standard InChI is InChI=1S/C22H21ClN2O5S/c1-2-29-22(26)30-21-20(15-7-11-17(12-8-15)31(24,27)28)19(18-4-3-13-25(18)21)14-5-9-16(23)10-6-14/h5-12H,2-4,13H2,1H3,(H2,24,27,28). The third-order valence-electron chi connectivity index (χ3n) is 5.17. The van der Waals surface area contributed by atoms with Crippen molar-refractivity contribution in [1.82, 2.24) is 4.57 Å². The first-order valence-electron chi connectivity index (χ1n) is 9.78. The van der Waals surface area contributed by atoms with Gasteiger partial charge in [0.25, 0.3) is 0 Å². The molecule has 2 aromatic carbocycles. The van der Waals surface area contributed by atoms with Gasteiger partial charge in [-0.05, 0) is 55.2 Å². The van der Waals surface area contributed by atoms with Gasteiger partial charge in [0.05, 0.1) is 17.1 Å². The summed E-state index contributed by atoms with van der Waals surface area (Å²) in [5, 5.41) is 5.85. The van der Waals surface area contributed by atoms with E-state index in [0.717, 1.165) is 29.7 Å². The first-order chi connectivity index (χ1) is 14.8. The second-order valence-electron chi connectivity index (χ2n) is 7.12. The fraction of sp³-hybridized carbons (Fsp3) is 0.227. The Kier molecular flexibility index (Phi) is 5.79. The summed E-state index contributed by atoms with van der Waals surface area (Å²) in [7, 11) is -3.83. The zero-order valence-electron chi connectivity index (χ0n) is 16.8. The Morgan fingerprint density at radius 3 is 2.29 bits per heavy atom. The molecule has 31 heavy (non-hydrogen) atoms. The van der Waals surface area contributed by atoms with Gasteiger partial charge in [0.1, 0.15) is 0 Å². The van der Waals surface area contributed by atoms with Crippen molar-refractivity contribution < 1.29 is 22.7 Å². The highest BCUT2D eigenvalue weighted by molar-refractivity contribution is 7.89. The minimum absolute atomic E-state index is 0.00362. The van der Waals surface area contributed by atoms with Crippen LogP contribution in [0.15, 0.2) is 53.4 Å². The van der Waals surface area contributed by atoms with E-state index in [4.69, 9.17) is 26.2 Å². The number of sulfonamides is 1. The molecule has 0 atom stereocenters. The summed E-state index contributed by atoms with van der Waals surface area (Å²) in [6.45, 7) is 2.59. The van der Waals surface area contributed by atoms with Crippen molar-refractivity contribution in [3.63, 3.8) is 0 Å². The summed E-state index contributed by atoms with van der Waals surface area (Å²) < 4.78 is 36.0. The van der Waals surface area contributed by atoms with Crippen LogP contribution in [0.5, 0.6) is 5.88 Å². The normalized spacial score (nSPS) is 13.1. The molecular weight excluding hydrogens is 440 g/mol. The summed E-state index contributed by atoms with van der Waals surface area (Å²) in [4.78, 5) is 12.2. The number of primary sulfonamides is 1. The first-order valence-corrected chi connectivity index (χ1v) is 11.7. The van der Waals surface area contributed by atoms with Gasteiger partial charge in [0, 0.05) is 22.8 Å². The minimum Gasteiger partial charge on any atom is -0.434 e. The molecule has 162 valence electrons. The van der Waals surface area contributed by atoms with Crippen molar-refractivity contribution >= 4 is 27.8 Å². The van der Waals surface area contributed by atoms with Crippen LogP contribution in [0.4, 0.5) is 4.79 Å². The molecule has 0 aliphatic carbocycles. The number of carbonyl (C=O) groups is 1. The number of aromatic nitrogens is 1. The zero-order valence-corrected chi connectivity index (χ0v) is 18.4. The number of nitrogens with zero attached hydrogens (tertiary/aromatic N) is 1. The largest absolute Gasteiger partial charge is 0.515 e. The van der Waals surface area contributed by atoms with Gasteiger partial charge in [-0.25, -0.2) is 18.4 Å². The van der Waals surface area contributed by atoms with Gasteiger partial charge in [-0.2, -0.15) is 0 Å². The smallest absolute Gasteiger partial charge is 0.434 e. The number of carbonyl (C=O) groups excluding carboxylic acids is 1. The van der Waals surface area contributed by atoms with Crippen LogP contribution in [0.2, 0.25) is 5.02 Å². The number of ether oxygens (including phenoxy) is 2. The maximum Gasteiger partial charge on any atom is 0.515 e. The predicted octanol–water partition coefficient (Wildman–Crippen LogP) is 4.60. The van der Waals surface area contributed by atoms with Crippen molar-refractivity contribution in [2.75, 3.05) is 6.61 Å². The predicted molar refractivity (Wildman–Crippen MR) is 118 cm³/mol. The first kappa shape index (κ1) is 21.4. The van der Waals surface area contributed by atoms with Crippen LogP contribution in [-0.2, 0) is 27.7 Å². The summed E-state index contributed by atoms with van der Waals surface area (Å²) in [6, 6.07) is 13.6. The zero-order chi connectivity index (χ0) is 22.2. The van der Waals surface area contributed by atoms with E-state index in [-0.39, 0.29) is 11.5 Å². The van der Waals surface area contributed by atoms with Crippen LogP contribution in [0.3, 0.4) is 0 Å². The number of rotatable bonds is 5. The second-order valence-corrected chi connectivity index (χ2v) is 9.12. The highest BCUT2D eigenvalue weighted by Crippen LogP contribution is 2.47. The van der Waals surface area contributed by atoms with E-state index >= 15 is 0 Å². The molecule has 4 rings (SSSR count). The summed E-state index contributed by atoms with van der Waals surface area (Å²) in [5.74, 6) is 0.374. The fourth-order valence-electron chi connectivity index (χ4n) is 3.88. The lowest BCUT2D eigenvalue weighted by Crippen LogP contribution is -2.13. The Bertz CT molecular complexity index is 1230. The van der Waals surface area contributed by atoms with Crippen molar-refractivity contribution in [2.45, 2.75) is 31.2 Å². The third-order valence-corrected chi connectivity index (χ3v) is 6.35. The Labute approximate surface area is 185 Å². The Morgan fingerprint density at radius 2 is 1.68 bits per heavy atom. The second kappa shape index (κ2) is 8.37. The van der Waals surface area contributed by atoms with Gasteiger partial charge in [-0.3, -0.25) is 0 Å². The Morgan fingerprint density at radius 1 is 1.06 bits per heavy atom. The van der Waals surface area contributed by atoms with Crippen LogP contribution in [0.25, 0.3) is 22.3 Å². The van der Waals surface area contributed by atoms with Gasteiger partial charge in [0.2, 0.25) is 15.9 Å². The third kappa shape index (κ3) is 4.19. The molecule has 1 aliphatic rings. The molecule has 0 fully saturated rings. The van der Waals surface area contributed by atoms with Crippen LogP contribution < -0.4 is 9.88 Å². The highest BCUT2D eigenvalue weighted by Gasteiger charge is 2.30. The Hall–Kier alpha value is -2.81. The lowest BCUT2D eigenvalue weighted by molar-refractivity contribution is 0.101. The number of benzene rings is 2. The Balaban J connectivity index is 1.94. The number of halogens is 1. The van der Waals surface area contributed by atoms with E-state index in [1.807, 2.05) is 16.7 Å². The average molecular weight is 461 g/mol. The van der Waals surface area contributed by atoms with Crippen molar-refractivity contribution in [3.05, 3.63) is 59.2 Å². The van der Waals surface area contributed by atoms with Gasteiger partial charge >= 0.3 is 6.16 Å². The molecule has 0 spiro atoms. The van der Waals surface area contributed by atoms with Gasteiger partial charge < -0.3 is 14.0 Å². The molecule has 2 heterocycles. The molecule has 9 heteroatoms. The molecule has 0 saturated carbocycles. The molecule has 1 aromatic heterocycles. The lowest BCUT2D eigenvalue weighted by atomic mass is 9.95. The minimum atomic E-state index is -3.83. The van der Waals surface area contributed by atoms with E-state index in [1.54, 1.807) is 31.2 Å². The van der Waals surface area contributed by atoms with E-state index < -0.39 is 16.2 Å². The monoisotopic (exact) mass is 460 g/mol. The molecule has 0 bridgehead atoms. The SMILES string of the molecule is CCOC(=O)Oc1c(-c2ccc(S(N)(=O)=O)cc2)c(-c2ccc(Cl)cc2)c2n1CCC2. The van der Waals surface area contributed by atoms with Gasteiger partial charge in [-0.1, -0.05) is 35.9 Å². The van der Waals surface area contributed by atoms with Gasteiger partial charge in [0.15, 0.2) is 0 Å². The molecule has 7 nitrogen and oxygen atoms in total. The molecule has 0 unspecified atom stereocenters. The molecule has 2 N–H and O–H groups in total. The van der Waals surface area contributed by atoms with E-state index in [9.17, 15) is 13.2 Å². The number of nitrogens with two attached hydrogens (primary N) is 1. The summed E-state index contributed by atoms with van der Waals surface area (Å²) >= 11 is 6.08. The van der Waals surface area contributed by atoms with Crippen LogP contribution in [-0.4, -0.2) is 25.7 Å². The van der Waals surface area contributed by atoms with E-state index in [1.165, 1.54) is 12.1 Å². The summed E-state index contributed by atoms with van der Waals surface area (Å²) in [6.07, 6.45) is 0.936. The number of hydrogen-bond donors (Lipinski definition) is 1. The molecule has 0 saturated heterocycles. The van der Waals surface area contributed by atoms with Crippen LogP contribution in [0, 0.1) is 0 Å². The van der Waals surface area contributed by atoms with Crippen LogP contribution >= 0.6 is 11.6 Å². The van der Waals surface area contributed by atoms with Crippen LogP contribution in [0.1, 0.15) is 19.0 Å². The average Bonchev–Trinajstić information content (AvgIpc) is 3.30. The lowest BCUT2D eigenvalue weighted by Gasteiger charge is -2.12. The summed E-state index contributed by atoms with van der Waals surface area (Å²) in [5.41, 5.74) is 4.24. The van der Waals surface area contributed by atoms with Crippen molar-refractivity contribution in [2.24, 2.45) is 5.14 Å². The number of fused-ring (bicyclic) bond motifs is 1. The fourth-order valence-corrected chi connectivity index (χ4v) is 4.53. The molecule has 3 aromatic rings. The van der Waals surface area contributed by atoms with Gasteiger partial charge in [-0.15, -0.1) is 0 Å². The van der Waals surface area contributed by atoms with E-state index in [2.05, 4.69) is 0 Å². The quantitative estimate of drug-likeness (QED) is 0.560. The van der Waals surface area contributed by atoms with Crippen molar-refractivity contribution in [3.8, 4) is 28.1 Å². The molecular formula is C22H21ClN2O5S. The van der Waals surface area contributed by atoms with E-state index in [0.29, 0.717) is 28.6 Å². The van der Waals surface area contributed by atoms with Crippen molar-refractivity contribution in [1.29, 1.82) is 0 Å². The maximum absolute atomic E-state index is 12.2. The molecule has 0 amide bonds.